The van der Waals surface area contributed by atoms with Crippen LogP contribution in [0.1, 0.15) is 20.8 Å². The molecule has 0 aromatic heterocycles. The molecule has 76 valence electrons. The Hall–Kier alpha value is 0.250. The molecule has 0 saturated carbocycles. The normalized spacial score (nSPS) is 15.8. The molecule has 0 aliphatic rings. The van der Waals surface area contributed by atoms with Crippen molar-refractivity contribution < 1.29 is 9.05 Å². The first-order chi connectivity index (χ1) is 6.15. The number of rotatable bonds is 5. The maximum absolute atomic E-state index is 5.55. The van der Waals surface area contributed by atoms with Crippen molar-refractivity contribution >= 4 is 31.6 Å². The Balaban J connectivity index is 4.26. The van der Waals surface area contributed by atoms with Crippen LogP contribution in [-0.4, -0.2) is 6.61 Å². The molecule has 0 aromatic carbocycles. The third-order valence-electron chi connectivity index (χ3n) is 1.07. The van der Waals surface area contributed by atoms with Gasteiger partial charge < -0.3 is 9.05 Å². The highest BCUT2D eigenvalue weighted by atomic mass is 35.5. The predicted octanol–water partition coefficient (Wildman–Crippen LogP) is 4.55. The van der Waals surface area contributed by atoms with Crippen molar-refractivity contribution in [2.24, 2.45) is 0 Å². The summed E-state index contributed by atoms with van der Waals surface area (Å²) in [5, 5.41) is 0.872. The molecule has 1 atom stereocenters. The lowest BCUT2D eigenvalue weighted by molar-refractivity contribution is 0.310. The fourth-order valence-corrected chi connectivity index (χ4v) is 1.88. The monoisotopic (exact) mass is 242 g/mol. The molecule has 1 unspecified atom stereocenters. The molecule has 0 N–H and O–H groups in total. The highest BCUT2D eigenvalue weighted by molar-refractivity contribution is 7.52. The molecule has 0 aromatic rings. The molecule has 0 aliphatic carbocycles. The molecule has 0 aliphatic heterocycles. The molecule has 0 heterocycles. The van der Waals surface area contributed by atoms with Crippen LogP contribution in [0.25, 0.3) is 0 Å². The zero-order valence-electron chi connectivity index (χ0n) is 7.88. The van der Waals surface area contributed by atoms with Gasteiger partial charge in [-0.3, -0.25) is 0 Å². The van der Waals surface area contributed by atoms with Gasteiger partial charge in [-0.2, -0.15) is 0 Å². The number of allylic oxidation sites excluding steroid dienone is 2. The summed E-state index contributed by atoms with van der Waals surface area (Å²) in [5.41, 5.74) is 2.83. The third kappa shape index (κ3) is 5.53. The number of hydrogen-bond acceptors (Lipinski definition) is 2. The molecule has 0 radical (unpaired) electrons. The zero-order valence-corrected chi connectivity index (χ0v) is 10.3. The summed E-state index contributed by atoms with van der Waals surface area (Å²) in [6, 6.07) is 0. The molecule has 0 spiro atoms. The SMILES string of the molecule is CCOP(OC(C)=CCl)C(C)=CCl. The first kappa shape index (κ1) is 13.2. The van der Waals surface area contributed by atoms with Crippen molar-refractivity contribution in [3.05, 3.63) is 22.1 Å². The maximum Gasteiger partial charge on any atom is 0.260 e. The van der Waals surface area contributed by atoms with Crippen molar-refractivity contribution in [3.63, 3.8) is 0 Å². The van der Waals surface area contributed by atoms with Gasteiger partial charge >= 0.3 is 0 Å². The van der Waals surface area contributed by atoms with E-state index in [4.69, 9.17) is 32.2 Å². The molecule has 13 heavy (non-hydrogen) atoms. The summed E-state index contributed by atoms with van der Waals surface area (Å²) in [6.07, 6.45) is 0. The Labute approximate surface area is 90.4 Å². The number of halogens is 2. The molecule has 0 amide bonds. The standard InChI is InChI=1S/C8H13Cl2O2P/c1-4-11-13(8(3)6-10)12-7(2)5-9/h5-6H,4H2,1-3H3. The topological polar surface area (TPSA) is 18.5 Å². The molecule has 0 rings (SSSR count). The summed E-state index contributed by atoms with van der Waals surface area (Å²) in [6.45, 7) is 6.11. The average molecular weight is 243 g/mol. The predicted molar refractivity (Wildman–Crippen MR) is 58.9 cm³/mol. The molecular weight excluding hydrogens is 230 g/mol. The Morgan fingerprint density at radius 2 is 1.92 bits per heavy atom. The highest BCUT2D eigenvalue weighted by Gasteiger charge is 2.13. The van der Waals surface area contributed by atoms with Crippen LogP contribution in [0.5, 0.6) is 0 Å². The Morgan fingerprint density at radius 1 is 1.31 bits per heavy atom. The van der Waals surface area contributed by atoms with Crippen LogP contribution in [0.3, 0.4) is 0 Å². The van der Waals surface area contributed by atoms with Gasteiger partial charge in [0.2, 0.25) is 0 Å². The largest absolute Gasteiger partial charge is 0.448 e. The second kappa shape index (κ2) is 7.64. The van der Waals surface area contributed by atoms with Gasteiger partial charge in [0.1, 0.15) is 5.76 Å². The van der Waals surface area contributed by atoms with Crippen LogP contribution < -0.4 is 0 Å². The smallest absolute Gasteiger partial charge is 0.260 e. The minimum Gasteiger partial charge on any atom is -0.448 e. The van der Waals surface area contributed by atoms with E-state index in [2.05, 4.69) is 0 Å². The van der Waals surface area contributed by atoms with E-state index in [1.54, 1.807) is 6.92 Å². The van der Waals surface area contributed by atoms with Gasteiger partial charge in [-0.15, -0.1) is 0 Å². The van der Waals surface area contributed by atoms with Gasteiger partial charge in [0.25, 0.3) is 8.38 Å². The van der Waals surface area contributed by atoms with Gasteiger partial charge in [0.15, 0.2) is 0 Å². The molecule has 0 bridgehead atoms. The van der Waals surface area contributed by atoms with E-state index in [1.165, 1.54) is 11.1 Å². The molecular formula is C8H13Cl2O2P. The Morgan fingerprint density at radius 3 is 2.31 bits per heavy atom. The van der Waals surface area contributed by atoms with E-state index in [0.717, 1.165) is 5.31 Å². The van der Waals surface area contributed by atoms with Crippen molar-refractivity contribution in [2.75, 3.05) is 6.61 Å². The van der Waals surface area contributed by atoms with Gasteiger partial charge in [0, 0.05) is 16.4 Å². The lowest BCUT2D eigenvalue weighted by atomic mass is 10.7. The highest BCUT2D eigenvalue weighted by Crippen LogP contribution is 2.48. The fourth-order valence-electron chi connectivity index (χ4n) is 0.508. The average Bonchev–Trinajstić information content (AvgIpc) is 2.15. The second-order valence-electron chi connectivity index (χ2n) is 2.24. The summed E-state index contributed by atoms with van der Waals surface area (Å²) in [4.78, 5) is 0. The van der Waals surface area contributed by atoms with Gasteiger partial charge in [0.05, 0.1) is 6.61 Å². The van der Waals surface area contributed by atoms with E-state index in [0.29, 0.717) is 12.4 Å². The molecule has 5 heteroatoms. The van der Waals surface area contributed by atoms with Crippen LogP contribution >= 0.6 is 31.6 Å². The van der Waals surface area contributed by atoms with E-state index in [-0.39, 0.29) is 0 Å². The lowest BCUT2D eigenvalue weighted by Gasteiger charge is -2.16. The summed E-state index contributed by atoms with van der Waals surface area (Å²) in [7, 11) is -1.09. The minimum absolute atomic E-state index is 0.587. The molecule has 0 saturated heterocycles. The van der Waals surface area contributed by atoms with Crippen LogP contribution in [0.2, 0.25) is 0 Å². The molecule has 0 fully saturated rings. The van der Waals surface area contributed by atoms with Crippen molar-refractivity contribution in [1.29, 1.82) is 0 Å². The van der Waals surface area contributed by atoms with Crippen LogP contribution in [0.4, 0.5) is 0 Å². The molecule has 2 nitrogen and oxygen atoms in total. The zero-order chi connectivity index (χ0) is 10.3. The van der Waals surface area contributed by atoms with Gasteiger partial charge in [-0.1, -0.05) is 23.2 Å². The van der Waals surface area contributed by atoms with Crippen molar-refractivity contribution in [3.8, 4) is 0 Å². The van der Waals surface area contributed by atoms with Crippen molar-refractivity contribution in [2.45, 2.75) is 20.8 Å². The van der Waals surface area contributed by atoms with Gasteiger partial charge in [-0.05, 0) is 20.8 Å². The third-order valence-corrected chi connectivity index (χ3v) is 3.51. The van der Waals surface area contributed by atoms with E-state index in [9.17, 15) is 0 Å². The Bertz CT molecular complexity index is 204. The van der Waals surface area contributed by atoms with Gasteiger partial charge in [-0.25, -0.2) is 0 Å². The fraction of sp³-hybridized carbons (Fsp3) is 0.500. The summed E-state index contributed by atoms with van der Waals surface area (Å²) < 4.78 is 10.8. The van der Waals surface area contributed by atoms with E-state index < -0.39 is 8.38 Å². The van der Waals surface area contributed by atoms with Crippen molar-refractivity contribution in [1.82, 2.24) is 0 Å². The second-order valence-corrected chi connectivity index (χ2v) is 4.33. The van der Waals surface area contributed by atoms with Crippen LogP contribution in [-0.2, 0) is 9.05 Å². The van der Waals surface area contributed by atoms with Crippen LogP contribution in [0, 0.1) is 0 Å². The first-order valence-corrected chi connectivity index (χ1v) is 5.85. The van der Waals surface area contributed by atoms with Crippen LogP contribution in [0.15, 0.2) is 22.1 Å². The maximum atomic E-state index is 5.55. The lowest BCUT2D eigenvalue weighted by Crippen LogP contribution is -1.90. The minimum atomic E-state index is -1.09. The van der Waals surface area contributed by atoms with E-state index in [1.807, 2.05) is 13.8 Å². The number of hydrogen-bond donors (Lipinski definition) is 0. The summed E-state index contributed by atoms with van der Waals surface area (Å²) >= 11 is 11.0. The summed E-state index contributed by atoms with van der Waals surface area (Å²) in [5.74, 6) is 0.624. The Kier molecular flexibility index (Phi) is 7.78. The quantitative estimate of drug-likeness (QED) is 0.520. The van der Waals surface area contributed by atoms with E-state index >= 15 is 0 Å². The first-order valence-electron chi connectivity index (χ1n) is 3.80.